The van der Waals surface area contributed by atoms with E-state index in [1.807, 2.05) is 32.4 Å². The van der Waals surface area contributed by atoms with Crippen LogP contribution in [0, 0.1) is 0 Å². The lowest BCUT2D eigenvalue weighted by Crippen LogP contribution is -2.44. The van der Waals surface area contributed by atoms with Gasteiger partial charge in [0.1, 0.15) is 0 Å². The number of benzene rings is 1. The van der Waals surface area contributed by atoms with Gasteiger partial charge < -0.3 is 9.64 Å². The van der Waals surface area contributed by atoms with Gasteiger partial charge in [-0.05, 0) is 45.9 Å². The van der Waals surface area contributed by atoms with Crippen LogP contribution in [0.2, 0.25) is 0 Å². The number of hydrogen-bond acceptors (Lipinski definition) is 5. The van der Waals surface area contributed by atoms with Crippen molar-refractivity contribution in [3.63, 3.8) is 0 Å². The largest absolute Gasteiger partial charge is 0.456 e. The zero-order valence-electron chi connectivity index (χ0n) is 16.6. The van der Waals surface area contributed by atoms with E-state index in [0.29, 0.717) is 6.07 Å². The van der Waals surface area contributed by atoms with Gasteiger partial charge in [0.05, 0.1) is 16.9 Å². The second-order valence-electron chi connectivity index (χ2n) is 6.82. The van der Waals surface area contributed by atoms with Crippen LogP contribution in [0.15, 0.2) is 29.2 Å². The second kappa shape index (κ2) is 10.1. The number of hydrogen-bond donors (Lipinski definition) is 1. The van der Waals surface area contributed by atoms with Gasteiger partial charge in [0.25, 0.3) is 5.91 Å². The summed E-state index contributed by atoms with van der Waals surface area (Å²) in [7, 11) is -4.24. The second-order valence-corrected chi connectivity index (χ2v) is 8.59. The number of carbonyl (C=O) groups excluding carboxylic acids is 2. The third kappa shape index (κ3) is 7.65. The predicted octanol–water partition coefficient (Wildman–Crippen LogP) is 2.56. The summed E-state index contributed by atoms with van der Waals surface area (Å²) in [4.78, 5) is 24.8. The Bertz CT molecular complexity index is 815. The summed E-state index contributed by atoms with van der Waals surface area (Å²) in [5, 5.41) is 0. The van der Waals surface area contributed by atoms with Crippen LogP contribution < -0.4 is 4.72 Å². The summed E-state index contributed by atoms with van der Waals surface area (Å²) >= 11 is 0. The minimum atomic E-state index is -4.68. The van der Waals surface area contributed by atoms with Gasteiger partial charge in [-0.1, -0.05) is 6.07 Å². The number of amides is 1. The molecule has 0 radical (unpaired) electrons. The van der Waals surface area contributed by atoms with Crippen molar-refractivity contribution >= 4 is 21.9 Å². The van der Waals surface area contributed by atoms with Crippen LogP contribution in [0.4, 0.5) is 13.2 Å². The van der Waals surface area contributed by atoms with Crippen molar-refractivity contribution in [2.24, 2.45) is 0 Å². The van der Waals surface area contributed by atoms with Crippen molar-refractivity contribution in [2.45, 2.75) is 57.3 Å². The number of sulfonamides is 1. The van der Waals surface area contributed by atoms with Crippen molar-refractivity contribution in [2.75, 3.05) is 13.2 Å². The van der Waals surface area contributed by atoms with Crippen LogP contribution in [0.1, 0.15) is 39.7 Å². The molecule has 0 aliphatic rings. The minimum absolute atomic E-state index is 0.0829. The van der Waals surface area contributed by atoms with E-state index >= 15 is 0 Å². The number of rotatable bonds is 9. The Morgan fingerprint density at radius 3 is 2.24 bits per heavy atom. The molecule has 0 fully saturated rings. The Morgan fingerprint density at radius 2 is 1.72 bits per heavy atom. The molecule has 0 atom stereocenters. The van der Waals surface area contributed by atoms with Crippen molar-refractivity contribution in [1.29, 1.82) is 0 Å². The number of carbonyl (C=O) groups is 2. The third-order valence-electron chi connectivity index (χ3n) is 3.85. The van der Waals surface area contributed by atoms with E-state index < -0.39 is 39.2 Å². The van der Waals surface area contributed by atoms with Gasteiger partial charge in [0.15, 0.2) is 6.61 Å². The summed E-state index contributed by atoms with van der Waals surface area (Å²) in [5.74, 6) is -1.19. The van der Waals surface area contributed by atoms with Gasteiger partial charge in [-0.2, -0.15) is 13.2 Å². The molecule has 0 spiro atoms. The van der Waals surface area contributed by atoms with Gasteiger partial charge in [-0.25, -0.2) is 13.1 Å². The molecule has 1 amide bonds. The Morgan fingerprint density at radius 1 is 1.14 bits per heavy atom. The topological polar surface area (TPSA) is 92.8 Å². The van der Waals surface area contributed by atoms with E-state index in [-0.39, 0.29) is 31.0 Å². The van der Waals surface area contributed by atoms with Crippen LogP contribution in [0.5, 0.6) is 0 Å². The number of halogens is 3. The van der Waals surface area contributed by atoms with Crippen LogP contribution >= 0.6 is 0 Å². The Kier molecular flexibility index (Phi) is 8.64. The van der Waals surface area contributed by atoms with Crippen molar-refractivity contribution < 1.29 is 35.9 Å². The molecule has 0 aromatic heterocycles. The van der Waals surface area contributed by atoms with Gasteiger partial charge >= 0.3 is 12.1 Å². The fourth-order valence-electron chi connectivity index (χ4n) is 2.67. The standard InChI is InChI=1S/C18H25F3N2O5S/c1-12(2)23(13(3)4)16(24)11-28-17(25)8-9-22-29(26,27)15-7-5-6-14(10-15)18(19,20)21/h5-7,10,12-13,22H,8-9,11H2,1-4H3. The molecule has 1 aromatic rings. The lowest BCUT2D eigenvalue weighted by molar-refractivity contribution is -0.153. The van der Waals surface area contributed by atoms with Crippen LogP contribution in [0.25, 0.3) is 0 Å². The molecular weight excluding hydrogens is 413 g/mol. The number of esters is 1. The normalized spacial score (nSPS) is 12.3. The molecule has 164 valence electrons. The molecule has 0 heterocycles. The molecule has 1 aromatic carbocycles. The lowest BCUT2D eigenvalue weighted by atomic mass is 10.2. The number of ether oxygens (including phenoxy) is 1. The third-order valence-corrected chi connectivity index (χ3v) is 5.31. The smallest absolute Gasteiger partial charge is 0.416 e. The van der Waals surface area contributed by atoms with E-state index in [4.69, 9.17) is 4.74 Å². The monoisotopic (exact) mass is 438 g/mol. The van der Waals surface area contributed by atoms with E-state index in [0.717, 1.165) is 18.2 Å². The molecule has 11 heteroatoms. The van der Waals surface area contributed by atoms with E-state index in [1.165, 1.54) is 0 Å². The van der Waals surface area contributed by atoms with Crippen molar-refractivity contribution in [3.8, 4) is 0 Å². The fourth-order valence-corrected chi connectivity index (χ4v) is 3.75. The van der Waals surface area contributed by atoms with Gasteiger partial charge in [0, 0.05) is 18.6 Å². The first kappa shape index (κ1) is 24.9. The zero-order chi connectivity index (χ0) is 22.4. The molecule has 0 bridgehead atoms. The molecule has 1 N–H and O–H groups in total. The Hall–Kier alpha value is -2.14. The average molecular weight is 438 g/mol. The molecule has 0 saturated carbocycles. The molecule has 7 nitrogen and oxygen atoms in total. The first-order valence-electron chi connectivity index (χ1n) is 8.89. The molecule has 0 unspecified atom stereocenters. The summed E-state index contributed by atoms with van der Waals surface area (Å²) in [6.07, 6.45) is -5.06. The van der Waals surface area contributed by atoms with E-state index in [1.54, 1.807) is 4.90 Å². The molecular formula is C18H25F3N2O5S. The quantitative estimate of drug-likeness (QED) is 0.598. The van der Waals surface area contributed by atoms with Crippen molar-refractivity contribution in [3.05, 3.63) is 29.8 Å². The number of nitrogens with one attached hydrogen (secondary N) is 1. The molecule has 0 aliphatic heterocycles. The highest BCUT2D eigenvalue weighted by molar-refractivity contribution is 7.89. The SMILES string of the molecule is CC(C)N(C(=O)COC(=O)CCNS(=O)(=O)c1cccc(C(F)(F)F)c1)C(C)C. The predicted molar refractivity (Wildman–Crippen MR) is 99.3 cm³/mol. The maximum absolute atomic E-state index is 12.7. The molecule has 0 aliphatic carbocycles. The highest BCUT2D eigenvalue weighted by Gasteiger charge is 2.31. The fraction of sp³-hybridized carbons (Fsp3) is 0.556. The number of nitrogens with zero attached hydrogens (tertiary/aromatic N) is 1. The summed E-state index contributed by atoms with van der Waals surface area (Å²) in [6.45, 7) is 6.42. The maximum Gasteiger partial charge on any atom is 0.416 e. The Balaban J connectivity index is 2.58. The van der Waals surface area contributed by atoms with Gasteiger partial charge in [-0.3, -0.25) is 9.59 Å². The van der Waals surface area contributed by atoms with Crippen LogP contribution in [-0.2, 0) is 30.5 Å². The summed E-state index contributed by atoms with van der Waals surface area (Å²) < 4.78 is 69.2. The zero-order valence-corrected chi connectivity index (χ0v) is 17.4. The van der Waals surface area contributed by atoms with Crippen LogP contribution in [-0.4, -0.2) is 50.4 Å². The average Bonchev–Trinajstić information content (AvgIpc) is 2.58. The summed E-state index contributed by atoms with van der Waals surface area (Å²) in [5.41, 5.74) is -1.10. The Labute approximate surface area is 168 Å². The number of alkyl halides is 3. The van der Waals surface area contributed by atoms with Gasteiger partial charge in [-0.15, -0.1) is 0 Å². The summed E-state index contributed by atoms with van der Waals surface area (Å²) in [6, 6.07) is 3.09. The highest BCUT2D eigenvalue weighted by atomic mass is 32.2. The molecule has 29 heavy (non-hydrogen) atoms. The molecule has 0 saturated heterocycles. The van der Waals surface area contributed by atoms with E-state index in [9.17, 15) is 31.2 Å². The lowest BCUT2D eigenvalue weighted by Gasteiger charge is -2.30. The first-order valence-corrected chi connectivity index (χ1v) is 10.4. The van der Waals surface area contributed by atoms with E-state index in [2.05, 4.69) is 0 Å². The minimum Gasteiger partial charge on any atom is -0.456 e. The van der Waals surface area contributed by atoms with Crippen LogP contribution in [0.3, 0.4) is 0 Å². The molecule has 1 rings (SSSR count). The highest BCUT2D eigenvalue weighted by Crippen LogP contribution is 2.30. The van der Waals surface area contributed by atoms with Crippen molar-refractivity contribution in [1.82, 2.24) is 9.62 Å². The van der Waals surface area contributed by atoms with Gasteiger partial charge in [0.2, 0.25) is 10.0 Å². The first-order chi connectivity index (χ1) is 13.3. The maximum atomic E-state index is 12.7.